The maximum absolute atomic E-state index is 7.03. The van der Waals surface area contributed by atoms with E-state index in [0.29, 0.717) is 11.6 Å². The van der Waals surface area contributed by atoms with Gasteiger partial charge in [0.05, 0.1) is 11.2 Å². The van der Waals surface area contributed by atoms with Crippen LogP contribution in [0.25, 0.3) is 38.8 Å². The van der Waals surface area contributed by atoms with Crippen LogP contribution in [-0.4, -0.2) is 21.0 Å². The standard InChI is InChI=1S/C48H45N3O2/c1-30-20-21-42-39(23-30)38-17-14-22-49-43(38)51(42)35-27-34(45(2,3)4)28-37(29-35)52-36-25-32(31-15-10-9-11-16-31)24-33(26-36)44-50-48(8)46(5,6)40-18-12-13-19-41(40)47(48,7)53-44/h9-29H,1-8H3/t47-,48+/m0/s1. The lowest BCUT2D eigenvalue weighted by atomic mass is 9.69. The maximum atomic E-state index is 7.03. The zero-order valence-corrected chi connectivity index (χ0v) is 31.8. The first-order valence-electron chi connectivity index (χ1n) is 18.6. The third-order valence-corrected chi connectivity index (χ3v) is 12.1. The molecular formula is C48H45N3O2. The van der Waals surface area contributed by atoms with Crippen LogP contribution in [0.1, 0.15) is 76.3 Å². The Kier molecular flexibility index (Phi) is 7.14. The first-order valence-corrected chi connectivity index (χ1v) is 18.6. The fraction of sp³-hybridized carbons (Fsp3) is 0.250. The molecule has 5 aromatic carbocycles. The molecular weight excluding hydrogens is 651 g/mol. The number of aliphatic imine (C=N–C) groups is 1. The average molecular weight is 696 g/mol. The second-order valence-corrected chi connectivity index (χ2v) is 16.7. The lowest BCUT2D eigenvalue weighted by Crippen LogP contribution is -2.49. The van der Waals surface area contributed by atoms with Gasteiger partial charge >= 0.3 is 0 Å². The van der Waals surface area contributed by atoms with Crippen LogP contribution in [0.5, 0.6) is 11.5 Å². The van der Waals surface area contributed by atoms with E-state index in [4.69, 9.17) is 19.5 Å². The number of fused-ring (bicyclic) bond motifs is 6. The molecule has 53 heavy (non-hydrogen) atoms. The summed E-state index contributed by atoms with van der Waals surface area (Å²) in [7, 11) is 0. The highest BCUT2D eigenvalue weighted by molar-refractivity contribution is 6.08. The number of hydrogen-bond donors (Lipinski definition) is 0. The zero-order chi connectivity index (χ0) is 36.9. The molecule has 0 unspecified atom stereocenters. The summed E-state index contributed by atoms with van der Waals surface area (Å²) in [5.41, 5.74) is 9.45. The second kappa shape index (κ2) is 11.4. The number of pyridine rings is 1. The van der Waals surface area contributed by atoms with Gasteiger partial charge in [0, 0.05) is 39.6 Å². The molecule has 2 aromatic heterocycles. The van der Waals surface area contributed by atoms with E-state index in [-0.39, 0.29) is 10.8 Å². The topological polar surface area (TPSA) is 48.6 Å². The lowest BCUT2D eigenvalue weighted by Gasteiger charge is -2.39. The van der Waals surface area contributed by atoms with Crippen LogP contribution < -0.4 is 4.74 Å². The van der Waals surface area contributed by atoms with E-state index in [2.05, 4.69) is 169 Å². The molecule has 0 fully saturated rings. The molecule has 0 saturated heterocycles. The van der Waals surface area contributed by atoms with E-state index < -0.39 is 11.1 Å². The van der Waals surface area contributed by atoms with Gasteiger partial charge in [-0.15, -0.1) is 0 Å². The third kappa shape index (κ3) is 4.97. The Balaban J connectivity index is 1.19. The van der Waals surface area contributed by atoms with E-state index in [1.54, 1.807) is 0 Å². The van der Waals surface area contributed by atoms with Crippen LogP contribution in [0.3, 0.4) is 0 Å². The minimum absolute atomic E-state index is 0.133. The molecule has 1 aliphatic heterocycles. The fourth-order valence-electron chi connectivity index (χ4n) is 8.65. The minimum Gasteiger partial charge on any atom is -0.464 e. The van der Waals surface area contributed by atoms with Gasteiger partial charge in [-0.2, -0.15) is 0 Å². The molecule has 3 heterocycles. The van der Waals surface area contributed by atoms with Crippen molar-refractivity contribution in [3.8, 4) is 28.3 Å². The molecule has 0 N–H and O–H groups in total. The highest BCUT2D eigenvalue weighted by Crippen LogP contribution is 2.61. The highest BCUT2D eigenvalue weighted by atomic mass is 16.5. The van der Waals surface area contributed by atoms with E-state index >= 15 is 0 Å². The summed E-state index contributed by atoms with van der Waals surface area (Å²) >= 11 is 0. The Morgan fingerprint density at radius 3 is 2.15 bits per heavy atom. The Bertz CT molecular complexity index is 2630. The van der Waals surface area contributed by atoms with Crippen LogP contribution in [0.4, 0.5) is 0 Å². The first kappa shape index (κ1) is 33.2. The molecule has 7 aromatic rings. The number of aromatic nitrogens is 2. The van der Waals surface area contributed by atoms with E-state index in [9.17, 15) is 0 Å². The van der Waals surface area contributed by atoms with Gasteiger partial charge in [-0.1, -0.05) is 101 Å². The van der Waals surface area contributed by atoms with E-state index in [0.717, 1.165) is 44.7 Å². The molecule has 0 spiro atoms. The summed E-state index contributed by atoms with van der Waals surface area (Å²) in [6.07, 6.45) is 1.87. The molecule has 2 aliphatic rings. The third-order valence-electron chi connectivity index (χ3n) is 12.1. The Labute approximate surface area is 312 Å². The van der Waals surface area contributed by atoms with Crippen molar-refractivity contribution in [3.63, 3.8) is 0 Å². The summed E-state index contributed by atoms with van der Waals surface area (Å²) in [5, 5.41) is 2.32. The van der Waals surface area contributed by atoms with Crippen LogP contribution >= 0.6 is 0 Å². The second-order valence-electron chi connectivity index (χ2n) is 16.7. The summed E-state index contributed by atoms with van der Waals surface area (Å²) < 4.78 is 16.2. The normalized spacial score (nSPS) is 20.3. The number of ether oxygens (including phenoxy) is 2. The smallest absolute Gasteiger partial charge is 0.217 e. The number of benzene rings is 5. The average Bonchev–Trinajstić information content (AvgIpc) is 3.67. The number of hydrogen-bond acceptors (Lipinski definition) is 4. The SMILES string of the molecule is Cc1ccc2c(c1)c1cccnc1n2-c1cc(Oc2cc(C3=N[C@]4(C)C(C)(C)c5ccccc5[C@]4(C)O3)cc(-c3ccccc3)c2)cc(C(C)(C)C)c1. The van der Waals surface area contributed by atoms with Gasteiger partial charge < -0.3 is 9.47 Å². The number of aryl methyl sites for hydroxylation is 1. The minimum atomic E-state index is -0.614. The molecule has 9 rings (SSSR count). The Morgan fingerprint density at radius 1 is 0.660 bits per heavy atom. The van der Waals surface area contributed by atoms with Gasteiger partial charge in [-0.25, -0.2) is 9.98 Å². The van der Waals surface area contributed by atoms with Gasteiger partial charge in [0.2, 0.25) is 5.90 Å². The van der Waals surface area contributed by atoms with Gasteiger partial charge in [-0.3, -0.25) is 4.57 Å². The maximum Gasteiger partial charge on any atom is 0.217 e. The van der Waals surface area contributed by atoms with Crippen molar-refractivity contribution in [2.24, 2.45) is 4.99 Å². The van der Waals surface area contributed by atoms with Crippen LogP contribution in [-0.2, 0) is 21.2 Å². The van der Waals surface area contributed by atoms with Crippen molar-refractivity contribution in [3.05, 3.63) is 155 Å². The molecule has 0 amide bonds. The molecule has 0 bridgehead atoms. The summed E-state index contributed by atoms with van der Waals surface area (Å²) in [6.45, 7) is 17.9. The van der Waals surface area contributed by atoms with Crippen LogP contribution in [0.15, 0.2) is 133 Å². The monoisotopic (exact) mass is 695 g/mol. The van der Waals surface area contributed by atoms with E-state index in [1.807, 2.05) is 18.3 Å². The molecule has 264 valence electrons. The van der Waals surface area contributed by atoms with Crippen molar-refractivity contribution in [1.29, 1.82) is 0 Å². The zero-order valence-electron chi connectivity index (χ0n) is 31.8. The highest BCUT2D eigenvalue weighted by Gasteiger charge is 2.67. The van der Waals surface area contributed by atoms with Gasteiger partial charge in [0.1, 0.15) is 22.7 Å². The molecule has 5 nitrogen and oxygen atoms in total. The summed E-state index contributed by atoms with van der Waals surface area (Å²) in [4.78, 5) is 10.3. The van der Waals surface area contributed by atoms with Crippen LogP contribution in [0.2, 0.25) is 0 Å². The summed E-state index contributed by atoms with van der Waals surface area (Å²) in [6, 6.07) is 42.8. The predicted octanol–water partition coefficient (Wildman–Crippen LogP) is 12.0. The van der Waals surface area contributed by atoms with E-state index in [1.165, 1.54) is 27.6 Å². The largest absolute Gasteiger partial charge is 0.464 e. The fourth-order valence-corrected chi connectivity index (χ4v) is 8.65. The van der Waals surface area contributed by atoms with Crippen molar-refractivity contribution in [2.75, 3.05) is 0 Å². The first-order chi connectivity index (χ1) is 25.3. The Hall–Kier alpha value is -5.68. The molecule has 5 heteroatoms. The Morgan fingerprint density at radius 2 is 1.38 bits per heavy atom. The molecule has 1 aliphatic carbocycles. The van der Waals surface area contributed by atoms with Crippen molar-refractivity contribution in [2.45, 2.75) is 77.4 Å². The van der Waals surface area contributed by atoms with Crippen molar-refractivity contribution >= 4 is 27.8 Å². The summed E-state index contributed by atoms with van der Waals surface area (Å²) in [5.74, 6) is 2.10. The molecule has 0 radical (unpaired) electrons. The lowest BCUT2D eigenvalue weighted by molar-refractivity contribution is 0.0192. The van der Waals surface area contributed by atoms with Crippen LogP contribution in [0, 0.1) is 6.92 Å². The van der Waals surface area contributed by atoms with Gasteiger partial charge in [0.15, 0.2) is 5.60 Å². The molecule has 2 atom stereocenters. The molecule has 0 saturated carbocycles. The van der Waals surface area contributed by atoms with Crippen molar-refractivity contribution in [1.82, 2.24) is 9.55 Å². The van der Waals surface area contributed by atoms with Gasteiger partial charge in [-0.05, 0) is 103 Å². The predicted molar refractivity (Wildman–Crippen MR) is 217 cm³/mol. The number of nitrogens with zero attached hydrogens (tertiary/aromatic N) is 3. The quantitative estimate of drug-likeness (QED) is 0.180. The van der Waals surface area contributed by atoms with Crippen molar-refractivity contribution < 1.29 is 9.47 Å². The van der Waals surface area contributed by atoms with Gasteiger partial charge in [0.25, 0.3) is 0 Å². The number of rotatable bonds is 5.